The molecule has 0 aromatic heterocycles. The van der Waals surface area contributed by atoms with Crippen molar-refractivity contribution in [3.63, 3.8) is 0 Å². The number of amides is 1. The van der Waals surface area contributed by atoms with E-state index in [-0.39, 0.29) is 11.8 Å². The van der Waals surface area contributed by atoms with Crippen LogP contribution < -0.4 is 5.32 Å². The van der Waals surface area contributed by atoms with Crippen molar-refractivity contribution in [2.75, 3.05) is 13.6 Å². The molecular formula is C18H20Cl2N2O. The van der Waals surface area contributed by atoms with Gasteiger partial charge in [-0.2, -0.15) is 0 Å². The van der Waals surface area contributed by atoms with Crippen molar-refractivity contribution >= 4 is 35.2 Å². The molecule has 1 amide bonds. The quantitative estimate of drug-likeness (QED) is 0.883. The van der Waals surface area contributed by atoms with E-state index in [0.717, 1.165) is 24.9 Å². The lowest BCUT2D eigenvalue weighted by Gasteiger charge is -2.51. The van der Waals surface area contributed by atoms with Crippen LogP contribution in [0.15, 0.2) is 23.8 Å². The van der Waals surface area contributed by atoms with Gasteiger partial charge in [-0.15, -0.1) is 0 Å². The topological polar surface area (TPSA) is 32.3 Å². The van der Waals surface area contributed by atoms with Crippen LogP contribution in [0.4, 0.5) is 0 Å². The molecule has 4 aliphatic heterocycles. The first-order valence-corrected chi connectivity index (χ1v) is 8.97. The minimum atomic E-state index is 0.0847. The molecule has 4 saturated heterocycles. The molecule has 0 aliphatic carbocycles. The average Bonchev–Trinajstić information content (AvgIpc) is 2.85. The number of nitrogens with zero attached hydrogens (tertiary/aromatic N) is 1. The van der Waals surface area contributed by atoms with Crippen molar-refractivity contribution in [1.29, 1.82) is 0 Å². The largest absolute Gasteiger partial charge is 0.359 e. The summed E-state index contributed by atoms with van der Waals surface area (Å²) in [7, 11) is 1.74. The Bertz CT molecular complexity index is 688. The smallest absolute Gasteiger partial charge is 0.225 e. The first-order valence-electron chi connectivity index (χ1n) is 8.21. The number of benzene rings is 1. The van der Waals surface area contributed by atoms with E-state index in [0.29, 0.717) is 28.0 Å². The normalized spacial score (nSPS) is 36.5. The Hall–Kier alpha value is -1.03. The second kappa shape index (κ2) is 5.80. The average molecular weight is 351 g/mol. The minimum absolute atomic E-state index is 0.0847. The number of carbonyl (C=O) groups is 1. The van der Waals surface area contributed by atoms with Crippen LogP contribution in [0.3, 0.4) is 0 Å². The van der Waals surface area contributed by atoms with Gasteiger partial charge in [0.15, 0.2) is 0 Å². The lowest BCUT2D eigenvalue weighted by molar-refractivity contribution is -0.131. The zero-order valence-corrected chi connectivity index (χ0v) is 14.6. The molecule has 5 heteroatoms. The SMILES string of the molecule is CNC(=O)C1C2CC3CCC1N3C/C2=C\c1ccc(Cl)c(Cl)c1. The molecule has 5 unspecified atom stereocenters. The molecule has 5 rings (SSSR count). The fourth-order valence-electron chi connectivity index (χ4n) is 4.76. The predicted molar refractivity (Wildman–Crippen MR) is 93.6 cm³/mol. The van der Waals surface area contributed by atoms with Gasteiger partial charge in [0, 0.05) is 25.7 Å². The molecule has 1 aromatic rings. The summed E-state index contributed by atoms with van der Waals surface area (Å²) in [5, 5.41) is 4.02. The number of hydrogen-bond donors (Lipinski definition) is 1. The van der Waals surface area contributed by atoms with E-state index >= 15 is 0 Å². The molecule has 4 bridgehead atoms. The van der Waals surface area contributed by atoms with E-state index in [1.165, 1.54) is 12.0 Å². The van der Waals surface area contributed by atoms with Crippen LogP contribution in [0.2, 0.25) is 10.0 Å². The monoisotopic (exact) mass is 350 g/mol. The van der Waals surface area contributed by atoms with Gasteiger partial charge in [-0.25, -0.2) is 0 Å². The highest BCUT2D eigenvalue weighted by molar-refractivity contribution is 6.42. The fourth-order valence-corrected chi connectivity index (χ4v) is 5.07. The predicted octanol–water partition coefficient (Wildman–Crippen LogP) is 3.61. The molecule has 4 fully saturated rings. The van der Waals surface area contributed by atoms with Crippen LogP contribution in [0.5, 0.6) is 0 Å². The van der Waals surface area contributed by atoms with Crippen LogP contribution >= 0.6 is 23.2 Å². The van der Waals surface area contributed by atoms with Crippen molar-refractivity contribution in [2.24, 2.45) is 11.8 Å². The summed E-state index contributed by atoms with van der Waals surface area (Å²) in [6, 6.07) is 6.80. The van der Waals surface area contributed by atoms with E-state index in [9.17, 15) is 4.79 Å². The number of carbonyl (C=O) groups excluding carboxylic acids is 1. The summed E-state index contributed by atoms with van der Waals surface area (Å²) in [6.45, 7) is 0.980. The van der Waals surface area contributed by atoms with Crippen LogP contribution in [-0.2, 0) is 4.79 Å². The Labute approximate surface area is 146 Å². The van der Waals surface area contributed by atoms with Crippen molar-refractivity contribution < 1.29 is 4.79 Å². The van der Waals surface area contributed by atoms with Gasteiger partial charge in [-0.1, -0.05) is 40.9 Å². The Kier molecular flexibility index (Phi) is 3.91. The summed E-state index contributed by atoms with van der Waals surface area (Å²) in [4.78, 5) is 15.0. The Morgan fingerprint density at radius 3 is 2.87 bits per heavy atom. The summed E-state index contributed by atoms with van der Waals surface area (Å²) in [5.41, 5.74) is 2.41. The lowest BCUT2D eigenvalue weighted by atomic mass is 9.70. The summed E-state index contributed by atoms with van der Waals surface area (Å²) >= 11 is 12.1. The molecule has 4 aliphatic rings. The maximum Gasteiger partial charge on any atom is 0.225 e. The Balaban J connectivity index is 1.69. The molecule has 3 nitrogen and oxygen atoms in total. The van der Waals surface area contributed by atoms with Crippen LogP contribution in [0, 0.1) is 11.8 Å². The zero-order valence-electron chi connectivity index (χ0n) is 13.1. The molecule has 0 spiro atoms. The summed E-state index contributed by atoms with van der Waals surface area (Å²) in [5.74, 6) is 0.624. The maximum absolute atomic E-state index is 12.4. The molecule has 4 heterocycles. The van der Waals surface area contributed by atoms with E-state index in [1.807, 2.05) is 18.2 Å². The number of halogens is 2. The van der Waals surface area contributed by atoms with Gasteiger partial charge in [0.05, 0.1) is 16.0 Å². The number of hydrogen-bond acceptors (Lipinski definition) is 2. The van der Waals surface area contributed by atoms with Crippen molar-refractivity contribution in [3.05, 3.63) is 39.4 Å². The van der Waals surface area contributed by atoms with E-state index < -0.39 is 0 Å². The van der Waals surface area contributed by atoms with E-state index in [1.54, 1.807) is 7.05 Å². The third-order valence-electron chi connectivity index (χ3n) is 5.75. The second-order valence-electron chi connectivity index (χ2n) is 6.85. The van der Waals surface area contributed by atoms with Crippen molar-refractivity contribution in [3.8, 4) is 0 Å². The fraction of sp³-hybridized carbons (Fsp3) is 0.500. The third-order valence-corrected chi connectivity index (χ3v) is 6.49. The van der Waals surface area contributed by atoms with Crippen molar-refractivity contribution in [2.45, 2.75) is 31.3 Å². The minimum Gasteiger partial charge on any atom is -0.359 e. The molecule has 5 atom stereocenters. The molecular weight excluding hydrogens is 331 g/mol. The molecule has 0 radical (unpaired) electrons. The van der Waals surface area contributed by atoms with Crippen LogP contribution in [0.25, 0.3) is 6.08 Å². The summed E-state index contributed by atoms with van der Waals surface area (Å²) < 4.78 is 0. The number of rotatable bonds is 2. The molecule has 1 aromatic carbocycles. The van der Waals surface area contributed by atoms with E-state index in [2.05, 4.69) is 16.3 Å². The van der Waals surface area contributed by atoms with Gasteiger partial charge in [0.25, 0.3) is 0 Å². The summed E-state index contributed by atoms with van der Waals surface area (Å²) in [6.07, 6.45) is 5.68. The van der Waals surface area contributed by atoms with Gasteiger partial charge in [-0.05, 0) is 42.9 Å². The van der Waals surface area contributed by atoms with E-state index in [4.69, 9.17) is 23.2 Å². The number of fused-ring (bicyclic) bond motifs is 1. The van der Waals surface area contributed by atoms with Crippen molar-refractivity contribution in [1.82, 2.24) is 10.2 Å². The Morgan fingerprint density at radius 2 is 2.13 bits per heavy atom. The van der Waals surface area contributed by atoms with Crippen LogP contribution in [0.1, 0.15) is 24.8 Å². The van der Waals surface area contributed by atoms with Gasteiger partial charge >= 0.3 is 0 Å². The first-order chi connectivity index (χ1) is 11.1. The van der Waals surface area contributed by atoms with Gasteiger partial charge < -0.3 is 5.32 Å². The zero-order chi connectivity index (χ0) is 16.1. The van der Waals surface area contributed by atoms with Gasteiger partial charge in [0.1, 0.15) is 0 Å². The van der Waals surface area contributed by atoms with Crippen LogP contribution in [-0.4, -0.2) is 36.5 Å². The second-order valence-corrected chi connectivity index (χ2v) is 7.66. The highest BCUT2D eigenvalue weighted by Gasteiger charge is 2.54. The molecule has 0 saturated carbocycles. The highest BCUT2D eigenvalue weighted by Crippen LogP contribution is 2.50. The van der Waals surface area contributed by atoms with Gasteiger partial charge in [-0.3, -0.25) is 9.69 Å². The number of nitrogens with one attached hydrogen (secondary N) is 1. The lowest BCUT2D eigenvalue weighted by Crippen LogP contribution is -2.59. The highest BCUT2D eigenvalue weighted by atomic mass is 35.5. The maximum atomic E-state index is 12.4. The Morgan fingerprint density at radius 1 is 1.30 bits per heavy atom. The first kappa shape index (κ1) is 15.5. The molecule has 1 N–H and O–H groups in total. The molecule has 23 heavy (non-hydrogen) atoms. The number of piperidine rings is 3. The van der Waals surface area contributed by atoms with Gasteiger partial charge in [0.2, 0.25) is 5.91 Å². The molecule has 122 valence electrons. The third kappa shape index (κ3) is 2.50. The standard InChI is InChI=1S/C18H20Cl2N2O/c1-21-18(23)17-13-8-12-3-5-16(17)22(12)9-11(13)6-10-2-4-14(19)15(20)7-10/h2,4,6-7,12-13,16-17H,3,5,8-9H2,1H3,(H,21,23)/b11-6+.